The maximum Gasteiger partial charge on any atom is 0.234 e. The predicted octanol–water partition coefficient (Wildman–Crippen LogP) is 4.03. The fraction of sp³-hybridized carbons (Fsp3) is 0.250. The summed E-state index contributed by atoms with van der Waals surface area (Å²) in [6.45, 7) is 1.96. The molecule has 2 aromatic carbocycles. The van der Waals surface area contributed by atoms with E-state index in [9.17, 15) is 9.59 Å². The molecule has 0 unspecified atom stereocenters. The summed E-state index contributed by atoms with van der Waals surface area (Å²) in [6, 6.07) is 12.9. The molecule has 1 N–H and O–H groups in total. The Labute approximate surface area is 156 Å². The number of methoxy groups -OCH3 is 1. The van der Waals surface area contributed by atoms with Crippen molar-refractivity contribution in [3.63, 3.8) is 0 Å². The number of hydrogen-bond donors (Lipinski definition) is 1. The van der Waals surface area contributed by atoms with Gasteiger partial charge in [-0.25, -0.2) is 0 Å². The molecule has 1 amide bonds. The first-order valence-electron chi connectivity index (χ1n) is 8.27. The number of Topliss-reactive ketones (excluding diaryl/α,β-unsaturated/α-hetero) is 1. The highest BCUT2D eigenvalue weighted by atomic mass is 32.2. The SMILES string of the molecule is COc1ccc(NC(=O)CSCC2=Nc3ccc(C)cc3C(=O)C2)cc1. The number of ketones is 1. The van der Waals surface area contributed by atoms with Crippen LogP contribution in [-0.2, 0) is 4.79 Å². The van der Waals surface area contributed by atoms with Crippen LogP contribution in [0.15, 0.2) is 47.5 Å². The molecule has 0 saturated heterocycles. The lowest BCUT2D eigenvalue weighted by Gasteiger charge is -2.15. The summed E-state index contributed by atoms with van der Waals surface area (Å²) < 4.78 is 5.09. The van der Waals surface area contributed by atoms with E-state index in [-0.39, 0.29) is 11.7 Å². The number of aliphatic imine (C=N–C) groups is 1. The summed E-state index contributed by atoms with van der Waals surface area (Å²) in [4.78, 5) is 28.9. The van der Waals surface area contributed by atoms with E-state index in [1.165, 1.54) is 11.8 Å². The zero-order chi connectivity index (χ0) is 18.5. The monoisotopic (exact) mass is 368 g/mol. The van der Waals surface area contributed by atoms with Gasteiger partial charge in [0.15, 0.2) is 5.78 Å². The molecule has 3 rings (SSSR count). The second-order valence-corrected chi connectivity index (χ2v) is 7.05. The Morgan fingerprint density at radius 3 is 2.73 bits per heavy atom. The van der Waals surface area contributed by atoms with E-state index >= 15 is 0 Å². The summed E-state index contributed by atoms with van der Waals surface area (Å²) >= 11 is 1.45. The number of amides is 1. The number of carbonyl (C=O) groups is 2. The molecule has 5 nitrogen and oxygen atoms in total. The number of ether oxygens (including phenoxy) is 1. The van der Waals surface area contributed by atoms with Crippen LogP contribution in [0.25, 0.3) is 0 Å². The normalized spacial score (nSPS) is 13.0. The molecule has 0 bridgehead atoms. The van der Waals surface area contributed by atoms with Crippen molar-refractivity contribution in [2.24, 2.45) is 4.99 Å². The van der Waals surface area contributed by atoms with Crippen molar-refractivity contribution < 1.29 is 14.3 Å². The van der Waals surface area contributed by atoms with Crippen LogP contribution >= 0.6 is 11.8 Å². The van der Waals surface area contributed by atoms with Gasteiger partial charge in [0.2, 0.25) is 5.91 Å². The van der Waals surface area contributed by atoms with Crippen LogP contribution in [0.5, 0.6) is 5.75 Å². The highest BCUT2D eigenvalue weighted by Gasteiger charge is 2.20. The molecule has 0 saturated carbocycles. The number of thioether (sulfide) groups is 1. The molecule has 0 aliphatic carbocycles. The maximum atomic E-state index is 12.3. The maximum absolute atomic E-state index is 12.3. The Morgan fingerprint density at radius 1 is 1.23 bits per heavy atom. The van der Waals surface area contributed by atoms with E-state index < -0.39 is 0 Å². The van der Waals surface area contributed by atoms with Gasteiger partial charge in [-0.2, -0.15) is 0 Å². The molecule has 0 radical (unpaired) electrons. The first-order chi connectivity index (χ1) is 12.5. The second-order valence-electron chi connectivity index (χ2n) is 6.07. The zero-order valence-corrected chi connectivity index (χ0v) is 15.6. The minimum absolute atomic E-state index is 0.0843. The fourth-order valence-electron chi connectivity index (χ4n) is 2.68. The van der Waals surface area contributed by atoms with Crippen molar-refractivity contribution >= 4 is 40.5 Å². The molecular weight excluding hydrogens is 348 g/mol. The van der Waals surface area contributed by atoms with Gasteiger partial charge in [0.05, 0.1) is 25.0 Å². The summed E-state index contributed by atoms with van der Waals surface area (Å²) in [5.41, 5.74) is 4.01. The van der Waals surface area contributed by atoms with Crippen molar-refractivity contribution in [3.8, 4) is 5.75 Å². The second kappa shape index (κ2) is 8.19. The number of rotatable bonds is 6. The van der Waals surface area contributed by atoms with E-state index in [1.807, 2.05) is 25.1 Å². The van der Waals surface area contributed by atoms with Gasteiger partial charge >= 0.3 is 0 Å². The highest BCUT2D eigenvalue weighted by molar-refractivity contribution is 8.00. The first-order valence-corrected chi connectivity index (χ1v) is 9.42. The summed E-state index contributed by atoms with van der Waals surface area (Å²) in [6.07, 6.45) is 0.323. The lowest BCUT2D eigenvalue weighted by atomic mass is 9.99. The first kappa shape index (κ1) is 18.2. The third-order valence-electron chi connectivity index (χ3n) is 3.97. The lowest BCUT2D eigenvalue weighted by Crippen LogP contribution is -2.18. The van der Waals surface area contributed by atoms with Crippen LogP contribution in [0, 0.1) is 6.92 Å². The predicted molar refractivity (Wildman–Crippen MR) is 106 cm³/mol. The van der Waals surface area contributed by atoms with E-state index in [0.29, 0.717) is 23.5 Å². The third-order valence-corrected chi connectivity index (χ3v) is 4.97. The number of hydrogen-bond acceptors (Lipinski definition) is 5. The zero-order valence-electron chi connectivity index (χ0n) is 14.7. The molecule has 1 heterocycles. The number of benzene rings is 2. The Kier molecular flexibility index (Phi) is 5.73. The van der Waals surface area contributed by atoms with Gasteiger partial charge in [0.1, 0.15) is 5.75 Å². The molecule has 2 aromatic rings. The number of nitrogens with zero attached hydrogens (tertiary/aromatic N) is 1. The van der Waals surface area contributed by atoms with Crippen LogP contribution in [0.4, 0.5) is 11.4 Å². The van der Waals surface area contributed by atoms with E-state index in [4.69, 9.17) is 4.74 Å². The molecule has 0 spiro atoms. The fourth-order valence-corrected chi connectivity index (χ4v) is 3.44. The Bertz CT molecular complexity index is 860. The Morgan fingerprint density at radius 2 is 2.00 bits per heavy atom. The minimum atomic E-state index is -0.0843. The highest BCUT2D eigenvalue weighted by Crippen LogP contribution is 2.27. The molecule has 0 atom stereocenters. The van der Waals surface area contributed by atoms with Gasteiger partial charge in [0, 0.05) is 22.7 Å². The topological polar surface area (TPSA) is 67.8 Å². The van der Waals surface area contributed by atoms with Gasteiger partial charge in [-0.1, -0.05) is 11.6 Å². The van der Waals surface area contributed by atoms with Gasteiger partial charge < -0.3 is 10.1 Å². The molecular formula is C20H20N2O3S. The Hall–Kier alpha value is -2.60. The smallest absolute Gasteiger partial charge is 0.234 e. The minimum Gasteiger partial charge on any atom is -0.497 e. The molecule has 134 valence electrons. The average Bonchev–Trinajstić information content (AvgIpc) is 2.63. The van der Waals surface area contributed by atoms with Crippen molar-refractivity contribution in [1.29, 1.82) is 0 Å². The van der Waals surface area contributed by atoms with Crippen molar-refractivity contribution in [2.45, 2.75) is 13.3 Å². The van der Waals surface area contributed by atoms with Crippen LogP contribution < -0.4 is 10.1 Å². The van der Waals surface area contributed by atoms with Gasteiger partial charge in [-0.05, 0) is 43.3 Å². The molecule has 1 aliphatic heterocycles. The van der Waals surface area contributed by atoms with Gasteiger partial charge in [-0.3, -0.25) is 14.6 Å². The Balaban J connectivity index is 1.52. The standard InChI is InChI=1S/C20H20N2O3S/c1-13-3-8-18-17(9-13)19(23)10-15(21-18)11-26-12-20(24)22-14-4-6-16(25-2)7-5-14/h3-9H,10-12H2,1-2H3,(H,22,24). The summed E-state index contributed by atoms with van der Waals surface area (Å²) in [5, 5.41) is 2.84. The quantitative estimate of drug-likeness (QED) is 0.836. The van der Waals surface area contributed by atoms with Crippen molar-refractivity contribution in [1.82, 2.24) is 0 Å². The van der Waals surface area contributed by atoms with Crippen LogP contribution in [-0.4, -0.2) is 36.0 Å². The van der Waals surface area contributed by atoms with Crippen molar-refractivity contribution in [2.75, 3.05) is 23.9 Å². The largest absolute Gasteiger partial charge is 0.497 e. The lowest BCUT2D eigenvalue weighted by molar-refractivity contribution is -0.113. The average molecular weight is 368 g/mol. The molecule has 0 fully saturated rings. The van der Waals surface area contributed by atoms with Gasteiger partial charge in [-0.15, -0.1) is 11.8 Å². The van der Waals surface area contributed by atoms with Crippen LogP contribution in [0.1, 0.15) is 22.3 Å². The van der Waals surface area contributed by atoms with Crippen molar-refractivity contribution in [3.05, 3.63) is 53.6 Å². The molecule has 0 aromatic heterocycles. The van der Waals surface area contributed by atoms with E-state index in [2.05, 4.69) is 10.3 Å². The molecule has 6 heteroatoms. The van der Waals surface area contributed by atoms with Gasteiger partial charge in [0.25, 0.3) is 0 Å². The molecule has 1 aliphatic rings. The van der Waals surface area contributed by atoms with Crippen LogP contribution in [0.3, 0.4) is 0 Å². The number of nitrogens with one attached hydrogen (secondary N) is 1. The number of anilines is 1. The number of fused-ring (bicyclic) bond motifs is 1. The molecule has 26 heavy (non-hydrogen) atoms. The van der Waals surface area contributed by atoms with E-state index in [0.717, 1.165) is 28.4 Å². The van der Waals surface area contributed by atoms with E-state index in [1.54, 1.807) is 31.4 Å². The number of carbonyl (C=O) groups excluding carboxylic acids is 2. The number of aryl methyl sites for hydroxylation is 1. The summed E-state index contributed by atoms with van der Waals surface area (Å²) in [5.74, 6) is 1.62. The summed E-state index contributed by atoms with van der Waals surface area (Å²) in [7, 11) is 1.60. The van der Waals surface area contributed by atoms with Crippen LogP contribution in [0.2, 0.25) is 0 Å². The third kappa shape index (κ3) is 4.52.